The number of nitrogens with zero attached hydrogens (tertiary/aromatic N) is 2. The fourth-order valence-electron chi connectivity index (χ4n) is 1.74. The molecule has 0 aliphatic rings. The summed E-state index contributed by atoms with van der Waals surface area (Å²) in [6.07, 6.45) is 1.73. The highest BCUT2D eigenvalue weighted by atomic mass is 32.2. The second-order valence-corrected chi connectivity index (χ2v) is 6.22. The molecular formula is C16H19N3OS. The van der Waals surface area contributed by atoms with E-state index < -0.39 is 0 Å². The van der Waals surface area contributed by atoms with Crippen molar-refractivity contribution in [3.05, 3.63) is 48.7 Å². The van der Waals surface area contributed by atoms with Crippen LogP contribution in [0, 0.1) is 0 Å². The highest BCUT2D eigenvalue weighted by Crippen LogP contribution is 2.22. The molecule has 0 aliphatic carbocycles. The zero-order valence-electron chi connectivity index (χ0n) is 12.4. The standard InChI is InChI=1S/C16H19N3OS/c1-12(21-15-6-4-5-11-17-15)16(20)18-13-7-9-14(10-8-13)19(2)3/h4-12H,1-3H3,(H,18,20). The summed E-state index contributed by atoms with van der Waals surface area (Å²) in [7, 11) is 3.97. The average Bonchev–Trinajstić information content (AvgIpc) is 2.48. The average molecular weight is 301 g/mol. The minimum atomic E-state index is -0.201. The normalized spacial score (nSPS) is 11.8. The van der Waals surface area contributed by atoms with Crippen LogP contribution in [0.5, 0.6) is 0 Å². The van der Waals surface area contributed by atoms with E-state index in [1.807, 2.05) is 68.4 Å². The van der Waals surface area contributed by atoms with E-state index >= 15 is 0 Å². The fraction of sp³-hybridized carbons (Fsp3) is 0.250. The molecule has 4 nitrogen and oxygen atoms in total. The van der Waals surface area contributed by atoms with Crippen molar-refractivity contribution in [2.45, 2.75) is 17.2 Å². The molecular weight excluding hydrogens is 282 g/mol. The summed E-state index contributed by atoms with van der Waals surface area (Å²) >= 11 is 1.45. The molecule has 1 heterocycles. The Labute approximate surface area is 129 Å². The number of hydrogen-bond donors (Lipinski definition) is 1. The van der Waals surface area contributed by atoms with Crippen molar-refractivity contribution in [3.63, 3.8) is 0 Å². The van der Waals surface area contributed by atoms with Crippen LogP contribution in [0.3, 0.4) is 0 Å². The summed E-state index contributed by atoms with van der Waals surface area (Å²) in [6.45, 7) is 1.88. The zero-order valence-corrected chi connectivity index (χ0v) is 13.2. The number of benzene rings is 1. The molecule has 1 amide bonds. The van der Waals surface area contributed by atoms with Gasteiger partial charge in [-0.15, -0.1) is 0 Å². The van der Waals surface area contributed by atoms with Gasteiger partial charge in [0.2, 0.25) is 5.91 Å². The van der Waals surface area contributed by atoms with Gasteiger partial charge in [-0.05, 0) is 43.3 Å². The van der Waals surface area contributed by atoms with Crippen LogP contribution in [0.15, 0.2) is 53.7 Å². The van der Waals surface area contributed by atoms with E-state index in [1.165, 1.54) is 11.8 Å². The van der Waals surface area contributed by atoms with Gasteiger partial charge in [-0.2, -0.15) is 0 Å². The van der Waals surface area contributed by atoms with Crippen LogP contribution >= 0.6 is 11.8 Å². The molecule has 1 N–H and O–H groups in total. The van der Waals surface area contributed by atoms with Crippen LogP contribution in [0.4, 0.5) is 11.4 Å². The van der Waals surface area contributed by atoms with Crippen LogP contribution in [0.25, 0.3) is 0 Å². The van der Waals surface area contributed by atoms with E-state index in [-0.39, 0.29) is 11.2 Å². The third kappa shape index (κ3) is 4.49. The molecule has 1 aromatic carbocycles. The lowest BCUT2D eigenvalue weighted by molar-refractivity contribution is -0.115. The lowest BCUT2D eigenvalue weighted by Crippen LogP contribution is -2.22. The first-order valence-electron chi connectivity index (χ1n) is 6.72. The highest BCUT2D eigenvalue weighted by molar-refractivity contribution is 8.00. The van der Waals surface area contributed by atoms with Crippen molar-refractivity contribution in [1.29, 1.82) is 0 Å². The van der Waals surface area contributed by atoms with Crippen molar-refractivity contribution in [1.82, 2.24) is 4.98 Å². The molecule has 0 fully saturated rings. The fourth-order valence-corrected chi connectivity index (χ4v) is 2.55. The summed E-state index contributed by atoms with van der Waals surface area (Å²) in [6, 6.07) is 13.5. The number of carbonyl (C=O) groups is 1. The third-order valence-electron chi connectivity index (χ3n) is 2.96. The SMILES string of the molecule is CC(Sc1ccccn1)C(=O)Nc1ccc(N(C)C)cc1. The molecule has 0 radical (unpaired) electrons. The van der Waals surface area contributed by atoms with Crippen LogP contribution in [-0.4, -0.2) is 30.2 Å². The maximum absolute atomic E-state index is 12.2. The van der Waals surface area contributed by atoms with Crippen LogP contribution in [0.1, 0.15) is 6.92 Å². The molecule has 0 bridgehead atoms. The molecule has 2 rings (SSSR count). The predicted molar refractivity (Wildman–Crippen MR) is 89.0 cm³/mol. The molecule has 1 aromatic heterocycles. The van der Waals surface area contributed by atoms with Crippen molar-refractivity contribution in [2.24, 2.45) is 0 Å². The lowest BCUT2D eigenvalue weighted by atomic mass is 10.2. The van der Waals surface area contributed by atoms with E-state index in [0.29, 0.717) is 0 Å². The van der Waals surface area contributed by atoms with Crippen molar-refractivity contribution >= 4 is 29.0 Å². The Balaban J connectivity index is 1.94. The zero-order chi connectivity index (χ0) is 15.2. The summed E-state index contributed by atoms with van der Waals surface area (Å²) in [5, 5.41) is 3.57. The van der Waals surface area contributed by atoms with Gasteiger partial charge in [-0.3, -0.25) is 4.79 Å². The van der Waals surface area contributed by atoms with Gasteiger partial charge in [0.1, 0.15) is 0 Å². The number of nitrogens with one attached hydrogen (secondary N) is 1. The van der Waals surface area contributed by atoms with Gasteiger partial charge in [-0.1, -0.05) is 17.8 Å². The van der Waals surface area contributed by atoms with E-state index in [9.17, 15) is 4.79 Å². The number of amides is 1. The number of aromatic nitrogens is 1. The summed E-state index contributed by atoms with van der Waals surface area (Å²) in [4.78, 5) is 18.4. The highest BCUT2D eigenvalue weighted by Gasteiger charge is 2.15. The maximum atomic E-state index is 12.2. The minimum absolute atomic E-state index is 0.0248. The summed E-state index contributed by atoms with van der Waals surface area (Å²) in [5.74, 6) is -0.0248. The van der Waals surface area contributed by atoms with Crippen LogP contribution < -0.4 is 10.2 Å². The number of pyridine rings is 1. The van der Waals surface area contributed by atoms with E-state index in [2.05, 4.69) is 10.3 Å². The van der Waals surface area contributed by atoms with Gasteiger partial charge in [-0.25, -0.2) is 4.98 Å². The van der Waals surface area contributed by atoms with Crippen LogP contribution in [-0.2, 0) is 4.79 Å². The van der Waals surface area contributed by atoms with E-state index in [4.69, 9.17) is 0 Å². The predicted octanol–water partition coefficient (Wildman–Crippen LogP) is 3.27. The number of carbonyl (C=O) groups excluding carboxylic acids is 1. The van der Waals surface area contributed by atoms with Crippen LogP contribution in [0.2, 0.25) is 0 Å². The molecule has 1 unspecified atom stereocenters. The van der Waals surface area contributed by atoms with Crippen molar-refractivity contribution < 1.29 is 4.79 Å². The molecule has 0 aliphatic heterocycles. The van der Waals surface area contributed by atoms with E-state index in [0.717, 1.165) is 16.4 Å². The largest absolute Gasteiger partial charge is 0.378 e. The Kier molecular flexibility index (Phi) is 5.22. The first kappa shape index (κ1) is 15.4. The number of thioether (sulfide) groups is 1. The van der Waals surface area contributed by atoms with Gasteiger partial charge in [0.05, 0.1) is 10.3 Å². The first-order chi connectivity index (χ1) is 10.1. The van der Waals surface area contributed by atoms with E-state index in [1.54, 1.807) is 6.20 Å². The molecule has 0 saturated heterocycles. The van der Waals surface area contributed by atoms with Gasteiger partial charge in [0, 0.05) is 31.7 Å². The smallest absolute Gasteiger partial charge is 0.237 e. The molecule has 110 valence electrons. The number of hydrogen-bond acceptors (Lipinski definition) is 4. The summed E-state index contributed by atoms with van der Waals surface area (Å²) in [5.41, 5.74) is 1.91. The Morgan fingerprint density at radius 2 is 1.90 bits per heavy atom. The Morgan fingerprint density at radius 1 is 1.19 bits per heavy atom. The monoisotopic (exact) mass is 301 g/mol. The van der Waals surface area contributed by atoms with Gasteiger partial charge in [0.25, 0.3) is 0 Å². The maximum Gasteiger partial charge on any atom is 0.237 e. The second-order valence-electron chi connectivity index (χ2n) is 4.86. The Morgan fingerprint density at radius 3 is 2.48 bits per heavy atom. The van der Waals surface area contributed by atoms with Gasteiger partial charge in [0.15, 0.2) is 0 Å². The molecule has 0 spiro atoms. The van der Waals surface area contributed by atoms with Gasteiger partial charge < -0.3 is 10.2 Å². The third-order valence-corrected chi connectivity index (χ3v) is 4.01. The lowest BCUT2D eigenvalue weighted by Gasteiger charge is -2.14. The molecule has 5 heteroatoms. The molecule has 1 atom stereocenters. The Hall–Kier alpha value is -2.01. The first-order valence-corrected chi connectivity index (χ1v) is 7.60. The van der Waals surface area contributed by atoms with Crippen molar-refractivity contribution in [3.8, 4) is 0 Å². The van der Waals surface area contributed by atoms with Gasteiger partial charge >= 0.3 is 0 Å². The number of anilines is 2. The quantitative estimate of drug-likeness (QED) is 0.861. The molecule has 0 saturated carbocycles. The topological polar surface area (TPSA) is 45.2 Å². The second kappa shape index (κ2) is 7.13. The number of rotatable bonds is 5. The molecule has 2 aromatic rings. The van der Waals surface area contributed by atoms with Crippen molar-refractivity contribution in [2.75, 3.05) is 24.3 Å². The Bertz CT molecular complexity index is 584. The summed E-state index contributed by atoms with van der Waals surface area (Å²) < 4.78 is 0. The molecule has 21 heavy (non-hydrogen) atoms. The minimum Gasteiger partial charge on any atom is -0.378 e.